The predicted octanol–water partition coefficient (Wildman–Crippen LogP) is -1.79. The van der Waals surface area contributed by atoms with Crippen molar-refractivity contribution in [3.05, 3.63) is 65.7 Å². The molecule has 5 rings (SSSR count). The van der Waals surface area contributed by atoms with E-state index < -0.39 is 104 Å². The van der Waals surface area contributed by atoms with Gasteiger partial charge in [-0.15, -0.1) is 0 Å². The van der Waals surface area contributed by atoms with E-state index in [1.54, 1.807) is 24.3 Å². The highest BCUT2D eigenvalue weighted by molar-refractivity contribution is 5.87. The largest absolute Gasteiger partial charge is 0.508 e. The predicted molar refractivity (Wildman–Crippen MR) is 177 cm³/mol. The van der Waals surface area contributed by atoms with E-state index in [-0.39, 0.29) is 24.7 Å². The van der Waals surface area contributed by atoms with E-state index >= 15 is 0 Å². The summed E-state index contributed by atoms with van der Waals surface area (Å²) in [5.41, 5.74) is 1.04. The average molecular weight is 753 g/mol. The third-order valence-electron chi connectivity index (χ3n) is 8.83. The number of rotatable bonds is 12. The fraction of sp³-hybridized carbons (Fsp3) is 0.514. The van der Waals surface area contributed by atoms with Gasteiger partial charge in [-0.05, 0) is 48.4 Å². The zero-order chi connectivity index (χ0) is 38.4. The summed E-state index contributed by atoms with van der Waals surface area (Å²) in [4.78, 5) is 13.0. The van der Waals surface area contributed by atoms with E-state index in [1.807, 2.05) is 0 Å². The number of aromatic hydroxyl groups is 3. The van der Waals surface area contributed by atoms with E-state index in [1.165, 1.54) is 43.3 Å². The van der Waals surface area contributed by atoms with Gasteiger partial charge in [0, 0.05) is 6.08 Å². The molecule has 2 aromatic rings. The summed E-state index contributed by atoms with van der Waals surface area (Å²) >= 11 is 0. The average Bonchev–Trinajstić information content (AvgIpc) is 3.13. The number of hydrogen-bond donors (Lipinski definition) is 10. The number of carbonyl (C=O) groups excluding carboxylic acids is 1. The molecule has 0 aliphatic carbocycles. The van der Waals surface area contributed by atoms with Gasteiger partial charge >= 0.3 is 5.97 Å². The molecular formula is C35H44O18. The van der Waals surface area contributed by atoms with Gasteiger partial charge in [0.1, 0.15) is 60.7 Å². The van der Waals surface area contributed by atoms with Crippen molar-refractivity contribution < 1.29 is 89.0 Å². The molecule has 3 aliphatic rings. The standard InChI is InChI=1S/C35H44O18/c1-16-30(52-33-27(44)25(42)22(40)15-48-33)26(43)28(45)35(49-16)53-32-29(46)34(47-12-2-3-17-4-8-19(37)9-5-17)50-23(14-36)31(32)51-24(41)11-7-18-6-10-20(38)21(39)13-18/h2-11,13,16,22-23,25-40,42-46H,12,14-15H2,1H3/t16-,22+,23+,25-,26-,27+,28+,29+,30-,31+,32+,33-,34+,35-/m0/s1. The fourth-order valence-electron chi connectivity index (χ4n) is 5.89. The van der Waals surface area contributed by atoms with Gasteiger partial charge in [0.05, 0.1) is 25.9 Å². The summed E-state index contributed by atoms with van der Waals surface area (Å²) < 4.78 is 39.7. The number of aliphatic hydroxyl groups excluding tert-OH is 7. The smallest absolute Gasteiger partial charge is 0.331 e. The molecule has 3 fully saturated rings. The first-order valence-corrected chi connectivity index (χ1v) is 16.7. The second-order valence-corrected chi connectivity index (χ2v) is 12.7. The van der Waals surface area contributed by atoms with Gasteiger partial charge < -0.3 is 84.2 Å². The first kappa shape index (κ1) is 40.5. The molecule has 0 amide bonds. The molecule has 292 valence electrons. The molecule has 0 spiro atoms. The molecule has 53 heavy (non-hydrogen) atoms. The molecule has 14 atom stereocenters. The lowest BCUT2D eigenvalue weighted by Gasteiger charge is -2.47. The fourth-order valence-corrected chi connectivity index (χ4v) is 5.89. The van der Waals surface area contributed by atoms with Crippen LogP contribution in [0.25, 0.3) is 12.2 Å². The Hall–Kier alpha value is -3.73. The monoisotopic (exact) mass is 752 g/mol. The van der Waals surface area contributed by atoms with Crippen LogP contribution in [0.5, 0.6) is 17.2 Å². The van der Waals surface area contributed by atoms with Crippen LogP contribution in [0, 0.1) is 0 Å². The van der Waals surface area contributed by atoms with Crippen LogP contribution in [0.2, 0.25) is 0 Å². The molecule has 18 nitrogen and oxygen atoms in total. The summed E-state index contributed by atoms with van der Waals surface area (Å²) in [6.07, 6.45) is -16.3. The highest BCUT2D eigenvalue weighted by Crippen LogP contribution is 2.33. The zero-order valence-electron chi connectivity index (χ0n) is 28.3. The molecule has 18 heteroatoms. The second kappa shape index (κ2) is 18.1. The van der Waals surface area contributed by atoms with Gasteiger partial charge in [0.15, 0.2) is 36.5 Å². The minimum Gasteiger partial charge on any atom is -0.508 e. The Balaban J connectivity index is 1.32. The third kappa shape index (κ3) is 9.88. The van der Waals surface area contributed by atoms with E-state index in [0.29, 0.717) is 5.56 Å². The van der Waals surface area contributed by atoms with Crippen molar-refractivity contribution in [2.75, 3.05) is 19.8 Å². The Morgan fingerprint density at radius 2 is 1.43 bits per heavy atom. The lowest BCUT2D eigenvalue weighted by molar-refractivity contribution is -0.371. The van der Waals surface area contributed by atoms with Crippen LogP contribution in [-0.4, -0.2) is 163 Å². The lowest BCUT2D eigenvalue weighted by atomic mass is 9.96. The van der Waals surface area contributed by atoms with Crippen molar-refractivity contribution in [2.24, 2.45) is 0 Å². The number of aliphatic hydroxyl groups is 7. The van der Waals surface area contributed by atoms with Crippen LogP contribution in [0.4, 0.5) is 0 Å². The maximum atomic E-state index is 13.0. The second-order valence-electron chi connectivity index (χ2n) is 12.7. The Labute approximate surface area is 302 Å². The molecule has 0 saturated carbocycles. The summed E-state index contributed by atoms with van der Waals surface area (Å²) in [5, 5.41) is 103. The van der Waals surface area contributed by atoms with Gasteiger partial charge in [0.2, 0.25) is 0 Å². The SMILES string of the molecule is C[C@@H]1O[C@@H](O[C@@H]2[C@@H](O)[C@H](OCC=Cc3ccc(O)cc3)O[C@H](CO)[C@H]2OC(=O)C=Cc2ccc(O)c(O)c2)[C@H](O)[C@H](O)[C@H]1O[C@@H]1OC[C@@H](O)[C@H](O)[C@H]1O. The van der Waals surface area contributed by atoms with Crippen molar-refractivity contribution >= 4 is 18.1 Å². The molecule has 2 aromatic carbocycles. The molecule has 3 saturated heterocycles. The van der Waals surface area contributed by atoms with Crippen molar-refractivity contribution in [1.82, 2.24) is 0 Å². The number of benzene rings is 2. The van der Waals surface area contributed by atoms with Crippen LogP contribution in [0.3, 0.4) is 0 Å². The highest BCUT2D eigenvalue weighted by atomic mass is 16.8. The van der Waals surface area contributed by atoms with Crippen molar-refractivity contribution in [1.29, 1.82) is 0 Å². The normalized spacial score (nSPS) is 36.5. The third-order valence-corrected chi connectivity index (χ3v) is 8.83. The van der Waals surface area contributed by atoms with Gasteiger partial charge in [-0.3, -0.25) is 0 Å². The van der Waals surface area contributed by atoms with Crippen LogP contribution < -0.4 is 0 Å². The van der Waals surface area contributed by atoms with E-state index in [4.69, 9.17) is 33.2 Å². The van der Waals surface area contributed by atoms with Crippen molar-refractivity contribution in [3.63, 3.8) is 0 Å². The molecule has 0 aromatic heterocycles. The summed E-state index contributed by atoms with van der Waals surface area (Å²) in [5.74, 6) is -1.74. The van der Waals surface area contributed by atoms with Gasteiger partial charge in [0.25, 0.3) is 0 Å². The van der Waals surface area contributed by atoms with Crippen LogP contribution >= 0.6 is 0 Å². The Morgan fingerprint density at radius 3 is 2.13 bits per heavy atom. The molecule has 0 unspecified atom stereocenters. The van der Waals surface area contributed by atoms with Gasteiger partial charge in [-0.25, -0.2) is 4.79 Å². The Morgan fingerprint density at radius 1 is 0.755 bits per heavy atom. The van der Waals surface area contributed by atoms with E-state index in [9.17, 15) is 55.9 Å². The molecule has 3 heterocycles. The molecule has 10 N–H and O–H groups in total. The molecule has 3 aliphatic heterocycles. The maximum absolute atomic E-state index is 13.0. The highest BCUT2D eigenvalue weighted by Gasteiger charge is 2.53. The molecule has 0 bridgehead atoms. The first-order chi connectivity index (χ1) is 25.3. The summed E-state index contributed by atoms with van der Waals surface area (Å²) in [6.45, 7) is 0.156. The van der Waals surface area contributed by atoms with Crippen LogP contribution in [-0.2, 0) is 38.0 Å². The Bertz CT molecular complexity index is 1550. The van der Waals surface area contributed by atoms with Gasteiger partial charge in [-0.1, -0.05) is 30.4 Å². The van der Waals surface area contributed by atoms with Crippen molar-refractivity contribution in [3.8, 4) is 17.2 Å². The molecule has 0 radical (unpaired) electrons. The van der Waals surface area contributed by atoms with Crippen LogP contribution in [0.15, 0.2) is 54.6 Å². The van der Waals surface area contributed by atoms with E-state index in [0.717, 1.165) is 11.6 Å². The molecular weight excluding hydrogens is 708 g/mol. The zero-order valence-corrected chi connectivity index (χ0v) is 28.3. The Kier molecular flexibility index (Phi) is 13.8. The number of phenols is 3. The number of carbonyl (C=O) groups is 1. The summed E-state index contributed by atoms with van der Waals surface area (Å²) in [6, 6.07) is 10.1. The quantitative estimate of drug-likeness (QED) is 0.0651. The number of phenolic OH excluding ortho intramolecular Hbond substituents is 3. The number of esters is 1. The first-order valence-electron chi connectivity index (χ1n) is 16.7. The van der Waals surface area contributed by atoms with Gasteiger partial charge in [-0.2, -0.15) is 0 Å². The van der Waals surface area contributed by atoms with Crippen LogP contribution in [0.1, 0.15) is 18.1 Å². The van der Waals surface area contributed by atoms with E-state index in [2.05, 4.69) is 0 Å². The topological polar surface area (TPSA) is 284 Å². The maximum Gasteiger partial charge on any atom is 0.331 e. The number of ether oxygens (including phenoxy) is 7. The van der Waals surface area contributed by atoms with Crippen molar-refractivity contribution in [2.45, 2.75) is 92.9 Å². The lowest BCUT2D eigenvalue weighted by Crippen LogP contribution is -2.66. The minimum absolute atomic E-state index is 0.0817. The summed E-state index contributed by atoms with van der Waals surface area (Å²) in [7, 11) is 0. The minimum atomic E-state index is -1.89. The number of hydrogen-bond acceptors (Lipinski definition) is 18.